The van der Waals surface area contributed by atoms with Gasteiger partial charge in [-0.25, -0.2) is 8.78 Å². The molecule has 5 heteroatoms. The van der Waals surface area contributed by atoms with Gasteiger partial charge in [0.2, 0.25) is 5.91 Å². The first-order valence-corrected chi connectivity index (χ1v) is 6.37. The van der Waals surface area contributed by atoms with E-state index in [4.69, 9.17) is 5.11 Å². The number of nitrogens with one attached hydrogen (secondary N) is 1. The van der Waals surface area contributed by atoms with Gasteiger partial charge >= 0.3 is 0 Å². The van der Waals surface area contributed by atoms with Crippen molar-refractivity contribution in [1.29, 1.82) is 0 Å². The number of carbonyl (C=O) groups is 1. The number of amides is 1. The van der Waals surface area contributed by atoms with Crippen molar-refractivity contribution in [2.75, 3.05) is 13.2 Å². The van der Waals surface area contributed by atoms with Gasteiger partial charge in [-0.2, -0.15) is 0 Å². The maximum absolute atomic E-state index is 13.5. The first-order valence-electron chi connectivity index (χ1n) is 6.37. The highest BCUT2D eigenvalue weighted by molar-refractivity contribution is 5.82. The average Bonchev–Trinajstić information content (AvgIpc) is 3.15. The average molecular weight is 269 g/mol. The number of hydrogen-bond acceptors (Lipinski definition) is 2. The Morgan fingerprint density at radius 3 is 2.68 bits per heavy atom. The number of carbonyl (C=O) groups excluding carboxylic acids is 1. The van der Waals surface area contributed by atoms with Gasteiger partial charge in [-0.3, -0.25) is 4.79 Å². The normalized spacial score (nSPS) is 22.9. The van der Waals surface area contributed by atoms with Gasteiger partial charge in [0.25, 0.3) is 0 Å². The lowest BCUT2D eigenvalue weighted by Gasteiger charge is -2.09. The molecule has 104 valence electrons. The molecule has 2 N–H and O–H groups in total. The fourth-order valence-electron chi connectivity index (χ4n) is 2.14. The predicted octanol–water partition coefficient (Wildman–Crippen LogP) is 1.81. The minimum absolute atomic E-state index is 0.00365. The molecule has 2 rings (SSSR count). The minimum Gasteiger partial charge on any atom is -0.396 e. The standard InChI is InChI=1S/C14H17F2NO2/c1-8(7-18)6-17-14(19)10-5-9(10)13-11(15)3-2-4-12(13)16/h2-4,8-10,18H,5-7H2,1H3,(H,17,19). The molecule has 0 saturated heterocycles. The highest BCUT2D eigenvalue weighted by Crippen LogP contribution is 2.49. The summed E-state index contributed by atoms with van der Waals surface area (Å²) in [5.41, 5.74) is 0.0119. The third-order valence-corrected chi connectivity index (χ3v) is 3.43. The monoisotopic (exact) mass is 269 g/mol. The van der Waals surface area contributed by atoms with Gasteiger partial charge in [0.1, 0.15) is 11.6 Å². The van der Waals surface area contributed by atoms with Gasteiger partial charge in [0.15, 0.2) is 0 Å². The van der Waals surface area contributed by atoms with Crippen molar-refractivity contribution in [3.8, 4) is 0 Å². The van der Waals surface area contributed by atoms with Crippen LogP contribution in [-0.2, 0) is 4.79 Å². The van der Waals surface area contributed by atoms with Crippen molar-refractivity contribution < 1.29 is 18.7 Å². The maximum Gasteiger partial charge on any atom is 0.223 e. The predicted molar refractivity (Wildman–Crippen MR) is 66.5 cm³/mol. The Bertz CT molecular complexity index is 458. The van der Waals surface area contributed by atoms with E-state index in [9.17, 15) is 13.6 Å². The Morgan fingerprint density at radius 1 is 1.47 bits per heavy atom. The molecule has 3 unspecified atom stereocenters. The van der Waals surface area contributed by atoms with Crippen molar-refractivity contribution >= 4 is 5.91 Å². The second kappa shape index (κ2) is 5.65. The molecule has 0 aromatic heterocycles. The molecule has 1 fully saturated rings. The van der Waals surface area contributed by atoms with Crippen LogP contribution in [0.15, 0.2) is 18.2 Å². The Hall–Kier alpha value is -1.49. The van der Waals surface area contributed by atoms with Gasteiger partial charge < -0.3 is 10.4 Å². The molecule has 3 nitrogen and oxygen atoms in total. The van der Waals surface area contributed by atoms with E-state index in [2.05, 4.69) is 5.32 Å². The number of halogens is 2. The molecule has 0 aliphatic heterocycles. The quantitative estimate of drug-likeness (QED) is 0.856. The Morgan fingerprint density at radius 2 is 2.11 bits per heavy atom. The zero-order valence-electron chi connectivity index (χ0n) is 10.7. The van der Waals surface area contributed by atoms with Crippen LogP contribution in [0.3, 0.4) is 0 Å². The van der Waals surface area contributed by atoms with E-state index in [-0.39, 0.29) is 35.8 Å². The van der Waals surface area contributed by atoms with Gasteiger partial charge in [-0.15, -0.1) is 0 Å². The van der Waals surface area contributed by atoms with Crippen LogP contribution in [0.25, 0.3) is 0 Å². The summed E-state index contributed by atoms with van der Waals surface area (Å²) in [5, 5.41) is 11.5. The summed E-state index contributed by atoms with van der Waals surface area (Å²) in [6, 6.07) is 3.73. The summed E-state index contributed by atoms with van der Waals surface area (Å²) >= 11 is 0. The summed E-state index contributed by atoms with van der Waals surface area (Å²) in [6.45, 7) is 2.18. The second-order valence-electron chi connectivity index (χ2n) is 5.12. The zero-order valence-corrected chi connectivity index (χ0v) is 10.7. The first kappa shape index (κ1) is 13.9. The molecule has 1 aromatic carbocycles. The van der Waals surface area contributed by atoms with Gasteiger partial charge in [0, 0.05) is 30.6 Å². The van der Waals surface area contributed by atoms with Crippen LogP contribution in [0.5, 0.6) is 0 Å². The van der Waals surface area contributed by atoms with Crippen LogP contribution in [0.2, 0.25) is 0 Å². The summed E-state index contributed by atoms with van der Waals surface area (Å²) in [7, 11) is 0. The summed E-state index contributed by atoms with van der Waals surface area (Å²) < 4.78 is 27.1. The summed E-state index contributed by atoms with van der Waals surface area (Å²) in [5.74, 6) is -2.14. The van der Waals surface area contributed by atoms with Crippen LogP contribution in [0, 0.1) is 23.5 Å². The van der Waals surface area contributed by atoms with Crippen molar-refractivity contribution in [3.63, 3.8) is 0 Å². The Labute approximate surface area is 110 Å². The summed E-state index contributed by atoms with van der Waals surface area (Å²) in [4.78, 5) is 11.8. The van der Waals surface area contributed by atoms with E-state index in [1.54, 1.807) is 6.92 Å². The molecule has 1 amide bonds. The van der Waals surface area contributed by atoms with Crippen LogP contribution < -0.4 is 5.32 Å². The molecule has 19 heavy (non-hydrogen) atoms. The fraction of sp³-hybridized carbons (Fsp3) is 0.500. The van der Waals surface area contributed by atoms with E-state index in [0.717, 1.165) is 0 Å². The highest BCUT2D eigenvalue weighted by Gasteiger charge is 2.46. The number of aliphatic hydroxyl groups excluding tert-OH is 1. The van der Waals surface area contributed by atoms with Crippen molar-refractivity contribution in [3.05, 3.63) is 35.4 Å². The van der Waals surface area contributed by atoms with Gasteiger partial charge in [0.05, 0.1) is 0 Å². The number of benzene rings is 1. The van der Waals surface area contributed by atoms with Crippen LogP contribution in [-0.4, -0.2) is 24.2 Å². The third-order valence-electron chi connectivity index (χ3n) is 3.43. The van der Waals surface area contributed by atoms with Crippen LogP contribution >= 0.6 is 0 Å². The maximum atomic E-state index is 13.5. The Kier molecular flexibility index (Phi) is 4.14. The fourth-order valence-corrected chi connectivity index (χ4v) is 2.14. The smallest absolute Gasteiger partial charge is 0.223 e. The SMILES string of the molecule is CC(CO)CNC(=O)C1CC1c1c(F)cccc1F. The molecular weight excluding hydrogens is 252 g/mol. The number of rotatable bonds is 5. The number of hydrogen-bond donors (Lipinski definition) is 2. The van der Waals surface area contributed by atoms with Gasteiger partial charge in [-0.05, 0) is 24.5 Å². The van der Waals surface area contributed by atoms with Crippen molar-refractivity contribution in [2.24, 2.45) is 11.8 Å². The lowest BCUT2D eigenvalue weighted by atomic mass is 10.1. The van der Waals surface area contributed by atoms with Crippen molar-refractivity contribution in [2.45, 2.75) is 19.3 Å². The van der Waals surface area contributed by atoms with E-state index in [0.29, 0.717) is 13.0 Å². The van der Waals surface area contributed by atoms with E-state index in [1.807, 2.05) is 0 Å². The third kappa shape index (κ3) is 3.10. The van der Waals surface area contributed by atoms with E-state index < -0.39 is 11.6 Å². The molecule has 0 heterocycles. The molecule has 1 aliphatic rings. The minimum atomic E-state index is -0.593. The van der Waals surface area contributed by atoms with Crippen molar-refractivity contribution in [1.82, 2.24) is 5.32 Å². The van der Waals surface area contributed by atoms with Gasteiger partial charge in [-0.1, -0.05) is 13.0 Å². The first-order chi connectivity index (χ1) is 9.04. The molecule has 1 saturated carbocycles. The molecule has 1 aromatic rings. The molecule has 0 radical (unpaired) electrons. The number of aliphatic hydroxyl groups is 1. The zero-order chi connectivity index (χ0) is 14.0. The topological polar surface area (TPSA) is 49.3 Å². The second-order valence-corrected chi connectivity index (χ2v) is 5.12. The van der Waals surface area contributed by atoms with Crippen LogP contribution in [0.1, 0.15) is 24.8 Å². The van der Waals surface area contributed by atoms with E-state index >= 15 is 0 Å². The molecule has 1 aliphatic carbocycles. The summed E-state index contributed by atoms with van der Waals surface area (Å²) in [6.07, 6.45) is 0.469. The Balaban J connectivity index is 1.95. The lowest BCUT2D eigenvalue weighted by molar-refractivity contribution is -0.122. The molecule has 0 bridgehead atoms. The largest absolute Gasteiger partial charge is 0.396 e. The highest BCUT2D eigenvalue weighted by atomic mass is 19.1. The molecule has 3 atom stereocenters. The lowest BCUT2D eigenvalue weighted by Crippen LogP contribution is -2.31. The molecule has 0 spiro atoms. The van der Waals surface area contributed by atoms with Crippen LogP contribution in [0.4, 0.5) is 8.78 Å². The molecular formula is C14H17F2NO2. The van der Waals surface area contributed by atoms with E-state index in [1.165, 1.54) is 18.2 Å².